The van der Waals surface area contributed by atoms with Gasteiger partial charge in [-0.15, -0.1) is 0 Å². The Kier molecular flexibility index (Phi) is 6.35. The van der Waals surface area contributed by atoms with Crippen LogP contribution in [0.15, 0.2) is 47.4 Å². The Balaban J connectivity index is 1.99. The Labute approximate surface area is 181 Å². The van der Waals surface area contributed by atoms with Crippen LogP contribution in [0.1, 0.15) is 19.4 Å². The number of nitrogens with one attached hydrogen (secondary N) is 1. The van der Waals surface area contributed by atoms with Crippen LogP contribution in [0, 0.1) is 5.41 Å². The lowest BCUT2D eigenvalue weighted by Gasteiger charge is -2.20. The number of rotatable bonds is 7. The van der Waals surface area contributed by atoms with E-state index in [0.717, 1.165) is 5.56 Å². The summed E-state index contributed by atoms with van der Waals surface area (Å²) >= 11 is 6.33. The predicted molar refractivity (Wildman–Crippen MR) is 112 cm³/mol. The minimum Gasteiger partial charge on any atom is -0.417 e. The molecule has 0 bridgehead atoms. The van der Waals surface area contributed by atoms with E-state index in [1.165, 1.54) is 24.4 Å². The van der Waals surface area contributed by atoms with E-state index in [1.807, 2.05) is 0 Å². The van der Waals surface area contributed by atoms with Gasteiger partial charge in [-0.1, -0.05) is 31.5 Å². The zero-order valence-corrected chi connectivity index (χ0v) is 17.4. The maximum Gasteiger partial charge on any atom is 0.388 e. The van der Waals surface area contributed by atoms with Gasteiger partial charge in [0.1, 0.15) is 5.82 Å². The van der Waals surface area contributed by atoms with Crippen LogP contribution in [-0.4, -0.2) is 27.5 Å². The summed E-state index contributed by atoms with van der Waals surface area (Å²) in [5, 5.41) is 0.347. The Morgan fingerprint density at radius 2 is 2.00 bits per heavy atom. The number of benzene rings is 1. The molecule has 3 rings (SSSR count). The standard InChI is InChI=1S/C21H19ClF2N4O3/c1-21(2,19(25)30)9-11-3-5-14(22)13(7-11)18-27-15(8-16(29)28-18)12-4-6-17(26-10-12)31-20(23)24/h3-8,10,20H,9H2,1-2H3,(H2,25,30)(H,27,28,29). The molecular weight excluding hydrogens is 430 g/mol. The van der Waals surface area contributed by atoms with Gasteiger partial charge >= 0.3 is 6.61 Å². The highest BCUT2D eigenvalue weighted by molar-refractivity contribution is 6.33. The molecule has 7 nitrogen and oxygen atoms in total. The highest BCUT2D eigenvalue weighted by Gasteiger charge is 2.25. The number of pyridine rings is 1. The fraction of sp³-hybridized carbons (Fsp3) is 0.238. The van der Waals surface area contributed by atoms with Crippen molar-refractivity contribution in [2.45, 2.75) is 26.9 Å². The number of nitrogens with zero attached hydrogens (tertiary/aromatic N) is 2. The van der Waals surface area contributed by atoms with E-state index < -0.39 is 23.5 Å². The highest BCUT2D eigenvalue weighted by Crippen LogP contribution is 2.30. The highest BCUT2D eigenvalue weighted by atomic mass is 35.5. The molecule has 3 aromatic rings. The van der Waals surface area contributed by atoms with Crippen molar-refractivity contribution in [3.8, 4) is 28.5 Å². The van der Waals surface area contributed by atoms with Gasteiger partial charge < -0.3 is 15.5 Å². The molecule has 0 saturated carbocycles. The normalized spacial score (nSPS) is 11.5. The Hall–Kier alpha value is -3.33. The molecular formula is C21H19ClF2N4O3. The molecule has 2 heterocycles. The van der Waals surface area contributed by atoms with Crippen molar-refractivity contribution in [1.82, 2.24) is 15.0 Å². The molecule has 10 heteroatoms. The third kappa shape index (κ3) is 5.43. The number of ether oxygens (including phenoxy) is 1. The summed E-state index contributed by atoms with van der Waals surface area (Å²) in [6.07, 6.45) is 1.64. The van der Waals surface area contributed by atoms with Gasteiger partial charge in [-0.2, -0.15) is 8.78 Å². The van der Waals surface area contributed by atoms with E-state index in [1.54, 1.807) is 32.0 Å². The zero-order chi connectivity index (χ0) is 22.8. The molecule has 0 aliphatic heterocycles. The predicted octanol–water partition coefficient (Wildman–Crippen LogP) is 3.81. The quantitative estimate of drug-likeness (QED) is 0.571. The Bertz CT molecular complexity index is 1160. The molecule has 162 valence electrons. The molecule has 1 amide bonds. The minimum absolute atomic E-state index is 0.208. The average Bonchev–Trinajstić information content (AvgIpc) is 2.69. The lowest BCUT2D eigenvalue weighted by molar-refractivity contribution is -0.125. The molecule has 0 atom stereocenters. The van der Waals surface area contributed by atoms with Crippen LogP contribution in [0.5, 0.6) is 5.88 Å². The first-order valence-electron chi connectivity index (χ1n) is 9.16. The number of hydrogen-bond donors (Lipinski definition) is 2. The molecule has 0 fully saturated rings. The maximum absolute atomic E-state index is 12.3. The number of aromatic nitrogens is 3. The van der Waals surface area contributed by atoms with E-state index in [9.17, 15) is 18.4 Å². The van der Waals surface area contributed by atoms with Crippen LogP contribution >= 0.6 is 11.6 Å². The number of halogens is 3. The lowest BCUT2D eigenvalue weighted by atomic mass is 9.85. The van der Waals surface area contributed by atoms with Gasteiger partial charge in [0.2, 0.25) is 11.8 Å². The lowest BCUT2D eigenvalue weighted by Crippen LogP contribution is -2.33. The summed E-state index contributed by atoms with van der Waals surface area (Å²) in [4.78, 5) is 34.8. The van der Waals surface area contributed by atoms with Crippen LogP contribution in [-0.2, 0) is 11.2 Å². The van der Waals surface area contributed by atoms with Crippen molar-refractivity contribution in [3.63, 3.8) is 0 Å². The number of nitrogens with two attached hydrogens (primary N) is 1. The Morgan fingerprint density at radius 3 is 2.61 bits per heavy atom. The van der Waals surface area contributed by atoms with Crippen LogP contribution in [0.4, 0.5) is 8.78 Å². The van der Waals surface area contributed by atoms with Crippen molar-refractivity contribution in [2.24, 2.45) is 11.1 Å². The van der Waals surface area contributed by atoms with E-state index in [4.69, 9.17) is 17.3 Å². The first-order chi connectivity index (χ1) is 14.5. The smallest absolute Gasteiger partial charge is 0.388 e. The third-order valence-electron chi connectivity index (χ3n) is 4.58. The van der Waals surface area contributed by atoms with E-state index >= 15 is 0 Å². The van der Waals surface area contributed by atoms with E-state index in [-0.39, 0.29) is 17.4 Å². The second kappa shape index (κ2) is 8.81. The molecule has 0 saturated heterocycles. The summed E-state index contributed by atoms with van der Waals surface area (Å²) in [7, 11) is 0. The Morgan fingerprint density at radius 1 is 1.26 bits per heavy atom. The number of carbonyl (C=O) groups is 1. The number of hydrogen-bond acceptors (Lipinski definition) is 5. The van der Waals surface area contributed by atoms with Gasteiger partial charge in [0.15, 0.2) is 0 Å². The third-order valence-corrected chi connectivity index (χ3v) is 4.91. The van der Waals surface area contributed by atoms with Crippen molar-refractivity contribution in [1.29, 1.82) is 0 Å². The van der Waals surface area contributed by atoms with Gasteiger partial charge in [0.05, 0.1) is 10.7 Å². The topological polar surface area (TPSA) is 111 Å². The summed E-state index contributed by atoms with van der Waals surface area (Å²) in [5.41, 5.74) is 6.19. The summed E-state index contributed by atoms with van der Waals surface area (Å²) in [5.74, 6) is -0.486. The molecule has 3 N–H and O–H groups in total. The number of H-pyrrole nitrogens is 1. The number of aromatic amines is 1. The van der Waals surface area contributed by atoms with Crippen molar-refractivity contribution in [3.05, 3.63) is 63.5 Å². The first kappa shape index (κ1) is 22.4. The minimum atomic E-state index is -2.99. The molecule has 0 aliphatic carbocycles. The van der Waals surface area contributed by atoms with Crippen molar-refractivity contribution in [2.75, 3.05) is 0 Å². The number of amides is 1. The summed E-state index contributed by atoms with van der Waals surface area (Å²) in [6.45, 7) is 0.481. The van der Waals surface area contributed by atoms with Gasteiger partial charge in [-0.3, -0.25) is 9.59 Å². The largest absolute Gasteiger partial charge is 0.417 e. The molecule has 0 unspecified atom stereocenters. The second-order valence-corrected chi connectivity index (χ2v) is 7.89. The maximum atomic E-state index is 12.3. The number of primary amides is 1. The molecule has 31 heavy (non-hydrogen) atoms. The van der Waals surface area contributed by atoms with Crippen molar-refractivity contribution >= 4 is 17.5 Å². The molecule has 0 spiro atoms. The molecule has 0 radical (unpaired) electrons. The SMILES string of the molecule is CC(C)(Cc1ccc(Cl)c(-c2nc(-c3ccc(OC(F)F)nc3)cc(=O)[nH]2)c1)C(N)=O. The zero-order valence-electron chi connectivity index (χ0n) is 16.7. The fourth-order valence-electron chi connectivity index (χ4n) is 2.89. The number of carbonyl (C=O) groups excluding carboxylic acids is 1. The van der Waals surface area contributed by atoms with Crippen LogP contribution in [0.2, 0.25) is 5.02 Å². The van der Waals surface area contributed by atoms with Gasteiger partial charge in [0, 0.05) is 34.9 Å². The van der Waals surface area contributed by atoms with E-state index in [0.29, 0.717) is 22.6 Å². The number of alkyl halides is 2. The van der Waals surface area contributed by atoms with Gasteiger partial charge in [-0.05, 0) is 30.2 Å². The fourth-order valence-corrected chi connectivity index (χ4v) is 3.09. The van der Waals surface area contributed by atoms with Crippen LogP contribution in [0.25, 0.3) is 22.6 Å². The van der Waals surface area contributed by atoms with Crippen LogP contribution in [0.3, 0.4) is 0 Å². The van der Waals surface area contributed by atoms with E-state index in [2.05, 4.69) is 19.7 Å². The molecule has 1 aromatic carbocycles. The van der Waals surface area contributed by atoms with Gasteiger partial charge in [-0.25, -0.2) is 9.97 Å². The van der Waals surface area contributed by atoms with Crippen molar-refractivity contribution < 1.29 is 18.3 Å². The second-order valence-electron chi connectivity index (χ2n) is 7.48. The summed E-state index contributed by atoms with van der Waals surface area (Å²) in [6, 6.07) is 9.11. The average molecular weight is 449 g/mol. The monoisotopic (exact) mass is 448 g/mol. The molecule has 2 aromatic heterocycles. The van der Waals surface area contributed by atoms with Crippen LogP contribution < -0.4 is 16.0 Å². The molecule has 0 aliphatic rings. The van der Waals surface area contributed by atoms with Gasteiger partial charge in [0.25, 0.3) is 5.56 Å². The first-order valence-corrected chi connectivity index (χ1v) is 9.54. The summed E-state index contributed by atoms with van der Waals surface area (Å²) < 4.78 is 28.8.